The van der Waals surface area contributed by atoms with Gasteiger partial charge in [-0.05, 0) is 55.8 Å². The Labute approximate surface area is 179 Å². The summed E-state index contributed by atoms with van der Waals surface area (Å²) < 4.78 is 0. The van der Waals surface area contributed by atoms with Crippen molar-refractivity contribution in [2.24, 2.45) is 0 Å². The number of carbonyl (C=O) groups excluding carboxylic acids is 2. The first kappa shape index (κ1) is 20.0. The predicted molar refractivity (Wildman–Crippen MR) is 120 cm³/mol. The highest BCUT2D eigenvalue weighted by Crippen LogP contribution is 2.22. The van der Waals surface area contributed by atoms with Gasteiger partial charge in [0, 0.05) is 28.1 Å². The van der Waals surface area contributed by atoms with Gasteiger partial charge in [0.05, 0.1) is 0 Å². The summed E-state index contributed by atoms with van der Waals surface area (Å²) >= 11 is 0. The highest BCUT2D eigenvalue weighted by molar-refractivity contribution is 6.07. The third kappa shape index (κ3) is 4.67. The number of nitrogens with one attached hydrogen (secondary N) is 3. The molecule has 31 heavy (non-hydrogen) atoms. The van der Waals surface area contributed by atoms with Crippen molar-refractivity contribution in [2.45, 2.75) is 13.8 Å². The molecule has 0 bridgehead atoms. The summed E-state index contributed by atoms with van der Waals surface area (Å²) in [5.41, 5.74) is 3.86. The molecule has 0 saturated carbocycles. The molecule has 0 aliphatic heterocycles. The summed E-state index contributed by atoms with van der Waals surface area (Å²) in [7, 11) is 0. The normalized spacial score (nSPS) is 10.5. The van der Waals surface area contributed by atoms with Crippen molar-refractivity contribution in [3.8, 4) is 11.4 Å². The molecule has 3 N–H and O–H groups in total. The van der Waals surface area contributed by atoms with Crippen LogP contribution in [0.1, 0.15) is 32.1 Å². The van der Waals surface area contributed by atoms with Crippen LogP contribution in [-0.2, 0) is 0 Å². The number of hydrogen-bond donors (Lipinski definition) is 3. The number of amides is 2. The van der Waals surface area contributed by atoms with E-state index in [1.165, 1.54) is 0 Å². The molecule has 0 aliphatic rings. The maximum absolute atomic E-state index is 12.8. The fraction of sp³-hybridized carbons (Fsp3) is 0.0833. The van der Waals surface area contributed by atoms with Crippen molar-refractivity contribution in [1.82, 2.24) is 15.2 Å². The minimum Gasteiger partial charge on any atom is -0.322 e. The molecular weight excluding hydrogens is 390 g/mol. The summed E-state index contributed by atoms with van der Waals surface area (Å²) in [5.74, 6) is 0.776. The van der Waals surface area contributed by atoms with Crippen LogP contribution in [0.2, 0.25) is 0 Å². The van der Waals surface area contributed by atoms with Gasteiger partial charge in [0.15, 0.2) is 5.82 Å². The predicted octanol–water partition coefficient (Wildman–Crippen LogP) is 4.59. The number of hydrogen-bond acceptors (Lipinski definition) is 4. The molecule has 0 fully saturated rings. The Morgan fingerprint density at radius 3 is 2.32 bits per heavy atom. The largest absolute Gasteiger partial charge is 0.322 e. The molecule has 0 spiro atoms. The van der Waals surface area contributed by atoms with Gasteiger partial charge < -0.3 is 10.6 Å². The van der Waals surface area contributed by atoms with Crippen LogP contribution in [0.15, 0.2) is 72.8 Å². The van der Waals surface area contributed by atoms with E-state index in [4.69, 9.17) is 0 Å². The van der Waals surface area contributed by atoms with E-state index in [0.29, 0.717) is 34.2 Å². The molecule has 1 heterocycles. The van der Waals surface area contributed by atoms with Gasteiger partial charge in [0.1, 0.15) is 5.82 Å². The quantitative estimate of drug-likeness (QED) is 0.447. The van der Waals surface area contributed by atoms with E-state index in [-0.39, 0.29) is 11.8 Å². The van der Waals surface area contributed by atoms with Crippen molar-refractivity contribution in [2.75, 3.05) is 10.6 Å². The Morgan fingerprint density at radius 1 is 0.806 bits per heavy atom. The van der Waals surface area contributed by atoms with Gasteiger partial charge in [-0.15, -0.1) is 0 Å². The summed E-state index contributed by atoms with van der Waals surface area (Å²) in [5, 5.41) is 12.7. The number of anilines is 2. The summed E-state index contributed by atoms with van der Waals surface area (Å²) in [6.07, 6.45) is 0. The number of carbonyl (C=O) groups is 2. The van der Waals surface area contributed by atoms with Crippen LogP contribution >= 0.6 is 0 Å². The maximum atomic E-state index is 12.8. The summed E-state index contributed by atoms with van der Waals surface area (Å²) in [6, 6.07) is 21.5. The molecule has 4 aromatic rings. The number of aromatic nitrogens is 3. The molecule has 4 rings (SSSR count). The minimum atomic E-state index is -0.279. The smallest absolute Gasteiger partial charge is 0.255 e. The molecule has 0 saturated heterocycles. The summed E-state index contributed by atoms with van der Waals surface area (Å²) in [4.78, 5) is 29.6. The first-order valence-electron chi connectivity index (χ1n) is 9.77. The minimum absolute atomic E-state index is 0.226. The van der Waals surface area contributed by atoms with Gasteiger partial charge in [-0.25, -0.2) is 4.98 Å². The monoisotopic (exact) mass is 411 g/mol. The Kier molecular flexibility index (Phi) is 5.57. The van der Waals surface area contributed by atoms with Gasteiger partial charge in [0.2, 0.25) is 0 Å². The van der Waals surface area contributed by atoms with Crippen molar-refractivity contribution in [3.63, 3.8) is 0 Å². The molecule has 154 valence electrons. The zero-order valence-corrected chi connectivity index (χ0v) is 17.1. The molecule has 0 radical (unpaired) electrons. The van der Waals surface area contributed by atoms with Crippen LogP contribution in [0, 0.1) is 13.8 Å². The second-order valence-electron chi connectivity index (χ2n) is 7.13. The van der Waals surface area contributed by atoms with Gasteiger partial charge in [-0.1, -0.05) is 36.4 Å². The van der Waals surface area contributed by atoms with E-state index < -0.39 is 0 Å². The fourth-order valence-electron chi connectivity index (χ4n) is 3.09. The van der Waals surface area contributed by atoms with Crippen LogP contribution in [0.25, 0.3) is 11.4 Å². The number of nitrogens with zero attached hydrogens (tertiary/aromatic N) is 2. The van der Waals surface area contributed by atoms with Gasteiger partial charge in [-0.2, -0.15) is 5.10 Å². The first-order chi connectivity index (χ1) is 15.0. The number of rotatable bonds is 5. The molecule has 7 heteroatoms. The standard InChI is InChI=1S/C24H21N5O2/c1-15-11-12-19(14-21(15)27-23(30)17-7-4-3-5-8-17)24(31)26-20-10-6-9-18(13-20)22-25-16(2)28-29-22/h3-14H,1-2H3,(H,26,31)(H,27,30)(H,25,28,29). The van der Waals surface area contributed by atoms with Crippen molar-refractivity contribution < 1.29 is 9.59 Å². The third-order valence-corrected chi connectivity index (χ3v) is 4.76. The van der Waals surface area contributed by atoms with E-state index in [2.05, 4.69) is 25.8 Å². The Bertz CT molecular complexity index is 1250. The lowest BCUT2D eigenvalue weighted by Crippen LogP contribution is -2.15. The van der Waals surface area contributed by atoms with E-state index in [9.17, 15) is 9.59 Å². The molecule has 2 amide bonds. The average molecular weight is 411 g/mol. The first-order valence-corrected chi connectivity index (χ1v) is 9.77. The topological polar surface area (TPSA) is 99.8 Å². The molecule has 3 aromatic carbocycles. The molecule has 0 atom stereocenters. The molecule has 0 aliphatic carbocycles. The van der Waals surface area contributed by atoms with E-state index in [0.717, 1.165) is 11.1 Å². The van der Waals surface area contributed by atoms with Gasteiger partial charge in [-0.3, -0.25) is 14.7 Å². The molecule has 0 unspecified atom stereocenters. The van der Waals surface area contributed by atoms with Crippen LogP contribution in [0.4, 0.5) is 11.4 Å². The lowest BCUT2D eigenvalue weighted by Gasteiger charge is -2.11. The van der Waals surface area contributed by atoms with Crippen molar-refractivity contribution >= 4 is 23.2 Å². The van der Waals surface area contributed by atoms with Crippen LogP contribution in [0.5, 0.6) is 0 Å². The number of aromatic amines is 1. The highest BCUT2D eigenvalue weighted by atomic mass is 16.2. The Balaban J connectivity index is 1.52. The van der Waals surface area contributed by atoms with Gasteiger partial charge >= 0.3 is 0 Å². The Morgan fingerprint density at radius 2 is 1.58 bits per heavy atom. The van der Waals surface area contributed by atoms with Crippen LogP contribution < -0.4 is 10.6 Å². The fourth-order valence-corrected chi connectivity index (χ4v) is 3.09. The second-order valence-corrected chi connectivity index (χ2v) is 7.13. The number of aryl methyl sites for hydroxylation is 2. The lowest BCUT2D eigenvalue weighted by molar-refractivity contribution is 0.101. The number of benzene rings is 3. The highest BCUT2D eigenvalue weighted by Gasteiger charge is 2.12. The van der Waals surface area contributed by atoms with E-state index >= 15 is 0 Å². The van der Waals surface area contributed by atoms with E-state index in [1.807, 2.05) is 44.2 Å². The SMILES string of the molecule is Cc1nc(-c2cccc(NC(=O)c3ccc(C)c(NC(=O)c4ccccc4)c3)c2)n[nH]1. The average Bonchev–Trinajstić information content (AvgIpc) is 3.22. The third-order valence-electron chi connectivity index (χ3n) is 4.76. The zero-order chi connectivity index (χ0) is 21.8. The van der Waals surface area contributed by atoms with Gasteiger partial charge in [0.25, 0.3) is 11.8 Å². The second kappa shape index (κ2) is 8.62. The summed E-state index contributed by atoms with van der Waals surface area (Å²) in [6.45, 7) is 3.71. The lowest BCUT2D eigenvalue weighted by atomic mass is 10.1. The van der Waals surface area contributed by atoms with Crippen molar-refractivity contribution in [3.05, 3.63) is 95.3 Å². The van der Waals surface area contributed by atoms with Crippen molar-refractivity contribution in [1.29, 1.82) is 0 Å². The molecular formula is C24H21N5O2. The molecule has 7 nitrogen and oxygen atoms in total. The Hall–Kier alpha value is -4.26. The van der Waals surface area contributed by atoms with Crippen LogP contribution in [0.3, 0.4) is 0 Å². The number of H-pyrrole nitrogens is 1. The molecule has 1 aromatic heterocycles. The zero-order valence-electron chi connectivity index (χ0n) is 17.1. The maximum Gasteiger partial charge on any atom is 0.255 e. The van der Waals surface area contributed by atoms with Crippen LogP contribution in [-0.4, -0.2) is 27.0 Å². The van der Waals surface area contributed by atoms with E-state index in [1.54, 1.807) is 42.5 Å².